The van der Waals surface area contributed by atoms with Crippen molar-refractivity contribution in [3.8, 4) is 0 Å². The lowest BCUT2D eigenvalue weighted by atomic mass is 10.1. The summed E-state index contributed by atoms with van der Waals surface area (Å²) < 4.78 is 0. The van der Waals surface area contributed by atoms with Crippen molar-refractivity contribution < 1.29 is 24.6 Å². The van der Waals surface area contributed by atoms with Gasteiger partial charge >= 0.3 is 11.9 Å². The third kappa shape index (κ3) is 6.84. The average molecular weight is 296 g/mol. The highest BCUT2D eigenvalue weighted by Crippen LogP contribution is 2.05. The molecule has 2 atom stereocenters. The summed E-state index contributed by atoms with van der Waals surface area (Å²) >= 11 is 0. The minimum Gasteiger partial charge on any atom is -0.480 e. The zero-order valence-electron chi connectivity index (χ0n) is 11.6. The molecule has 0 fully saturated rings. The second kappa shape index (κ2) is 9.06. The maximum atomic E-state index is 11.1. The molecule has 7 nitrogen and oxygen atoms in total. The molecule has 0 aromatic heterocycles. The van der Waals surface area contributed by atoms with Crippen molar-refractivity contribution in [2.75, 3.05) is 0 Å². The van der Waals surface area contributed by atoms with Gasteiger partial charge in [-0.05, 0) is 24.8 Å². The Hall–Kier alpha value is -1.96. The molecule has 0 aliphatic rings. The number of aliphatic carboxylic acids is 2. The molecule has 0 spiro atoms. The highest BCUT2D eigenvalue weighted by molar-refractivity contribution is 5.73. The van der Waals surface area contributed by atoms with Crippen molar-refractivity contribution in [1.29, 1.82) is 0 Å². The first-order chi connectivity index (χ1) is 10.0. The fraction of sp³-hybridized carbons (Fsp3) is 0.429. The summed E-state index contributed by atoms with van der Waals surface area (Å²) in [5.74, 6) is -2.14. The predicted molar refractivity (Wildman–Crippen MR) is 75.3 cm³/mol. The van der Waals surface area contributed by atoms with E-state index in [4.69, 9.17) is 20.8 Å². The number of hydrogen-bond acceptors (Lipinski definition) is 5. The summed E-state index contributed by atoms with van der Waals surface area (Å²) in [5, 5.41) is 17.7. The number of hydrogen-bond donors (Lipinski definition) is 4. The highest BCUT2D eigenvalue weighted by atomic mass is 16.6. The van der Waals surface area contributed by atoms with Crippen LogP contribution in [0, 0.1) is 0 Å². The van der Waals surface area contributed by atoms with E-state index in [1.54, 1.807) is 0 Å². The van der Waals surface area contributed by atoms with E-state index in [0.717, 1.165) is 5.56 Å². The first-order valence-electron chi connectivity index (χ1n) is 6.63. The second-order valence-corrected chi connectivity index (χ2v) is 4.66. The van der Waals surface area contributed by atoms with Crippen LogP contribution in [0.5, 0.6) is 0 Å². The van der Waals surface area contributed by atoms with Crippen LogP contribution in [-0.2, 0) is 21.0 Å². The van der Waals surface area contributed by atoms with Crippen molar-refractivity contribution in [1.82, 2.24) is 5.48 Å². The molecule has 0 radical (unpaired) electrons. The van der Waals surface area contributed by atoms with Crippen molar-refractivity contribution >= 4 is 11.9 Å². The van der Waals surface area contributed by atoms with Crippen molar-refractivity contribution in [2.24, 2.45) is 5.73 Å². The topological polar surface area (TPSA) is 122 Å². The fourth-order valence-corrected chi connectivity index (χ4v) is 1.70. The van der Waals surface area contributed by atoms with Crippen LogP contribution >= 0.6 is 0 Å². The number of carbonyl (C=O) groups is 2. The lowest BCUT2D eigenvalue weighted by Gasteiger charge is -2.15. The number of nitrogens with one attached hydrogen (secondary N) is 1. The first kappa shape index (κ1) is 17.1. The van der Waals surface area contributed by atoms with Crippen LogP contribution in [0.3, 0.4) is 0 Å². The van der Waals surface area contributed by atoms with Crippen molar-refractivity contribution in [3.05, 3.63) is 35.9 Å². The van der Waals surface area contributed by atoms with Gasteiger partial charge in [0.1, 0.15) is 12.1 Å². The zero-order valence-corrected chi connectivity index (χ0v) is 11.6. The molecule has 1 aromatic rings. The molecule has 0 saturated carbocycles. The van der Waals surface area contributed by atoms with Crippen LogP contribution in [0.4, 0.5) is 0 Å². The third-order valence-corrected chi connectivity index (χ3v) is 2.93. The van der Waals surface area contributed by atoms with E-state index in [1.807, 2.05) is 30.3 Å². The van der Waals surface area contributed by atoms with Crippen LogP contribution in [0.2, 0.25) is 0 Å². The van der Waals surface area contributed by atoms with Gasteiger partial charge in [0, 0.05) is 0 Å². The Kier molecular flexibility index (Phi) is 7.38. The van der Waals surface area contributed by atoms with E-state index in [-0.39, 0.29) is 19.4 Å². The average Bonchev–Trinajstić information content (AvgIpc) is 2.46. The molecule has 0 aliphatic carbocycles. The first-order valence-corrected chi connectivity index (χ1v) is 6.63. The maximum absolute atomic E-state index is 11.1. The summed E-state index contributed by atoms with van der Waals surface area (Å²) in [5.41, 5.74) is 8.76. The molecule has 0 saturated heterocycles. The van der Waals surface area contributed by atoms with E-state index >= 15 is 0 Å². The smallest absolute Gasteiger partial charge is 0.323 e. The zero-order chi connectivity index (χ0) is 15.7. The molecule has 5 N–H and O–H groups in total. The lowest BCUT2D eigenvalue weighted by Crippen LogP contribution is -2.37. The van der Waals surface area contributed by atoms with E-state index < -0.39 is 24.0 Å². The number of hydroxylamine groups is 1. The van der Waals surface area contributed by atoms with Crippen molar-refractivity contribution in [3.63, 3.8) is 0 Å². The second-order valence-electron chi connectivity index (χ2n) is 4.66. The van der Waals surface area contributed by atoms with E-state index in [9.17, 15) is 9.59 Å². The normalized spacial score (nSPS) is 13.6. The Labute approximate surface area is 122 Å². The van der Waals surface area contributed by atoms with Gasteiger partial charge in [-0.15, -0.1) is 0 Å². The van der Waals surface area contributed by atoms with Crippen LogP contribution in [0.15, 0.2) is 30.3 Å². The van der Waals surface area contributed by atoms with Gasteiger partial charge in [-0.2, -0.15) is 5.48 Å². The van der Waals surface area contributed by atoms with Crippen LogP contribution < -0.4 is 11.2 Å². The quantitative estimate of drug-likeness (QED) is 0.470. The van der Waals surface area contributed by atoms with Gasteiger partial charge in [0.15, 0.2) is 0 Å². The van der Waals surface area contributed by atoms with Gasteiger partial charge in [-0.25, -0.2) is 0 Å². The maximum Gasteiger partial charge on any atom is 0.323 e. The monoisotopic (exact) mass is 296 g/mol. The Morgan fingerprint density at radius 3 is 2.38 bits per heavy atom. The number of rotatable bonds is 10. The molecule has 0 bridgehead atoms. The lowest BCUT2D eigenvalue weighted by molar-refractivity contribution is -0.145. The van der Waals surface area contributed by atoms with E-state index in [2.05, 4.69) is 5.48 Å². The minimum absolute atomic E-state index is 0.222. The molecule has 21 heavy (non-hydrogen) atoms. The van der Waals surface area contributed by atoms with Crippen molar-refractivity contribution in [2.45, 2.75) is 38.0 Å². The Morgan fingerprint density at radius 1 is 1.14 bits per heavy atom. The Balaban J connectivity index is 2.30. The molecular weight excluding hydrogens is 276 g/mol. The van der Waals surface area contributed by atoms with Gasteiger partial charge in [0.25, 0.3) is 0 Å². The van der Waals surface area contributed by atoms with Gasteiger partial charge in [0.2, 0.25) is 0 Å². The van der Waals surface area contributed by atoms with E-state index in [1.165, 1.54) is 0 Å². The molecular formula is C14H20N2O5. The minimum atomic E-state index is -1.09. The summed E-state index contributed by atoms with van der Waals surface area (Å²) in [6.07, 6.45) is 0.844. The fourth-order valence-electron chi connectivity index (χ4n) is 1.70. The molecule has 116 valence electrons. The summed E-state index contributed by atoms with van der Waals surface area (Å²) in [6.45, 7) is 0.249. The number of benzene rings is 1. The SMILES string of the molecule is NC(CCC[C@H](NOCc1ccccc1)C(=O)O)C(=O)O. The molecule has 1 rings (SSSR count). The van der Waals surface area contributed by atoms with Gasteiger partial charge < -0.3 is 15.9 Å². The standard InChI is InChI=1S/C14H20N2O5/c15-11(13(17)18)7-4-8-12(14(19)20)16-21-9-10-5-2-1-3-6-10/h1-3,5-6,11-12,16H,4,7-9,15H2,(H,17,18)(H,19,20)/t11?,12-/m0/s1. The summed E-state index contributed by atoms with van der Waals surface area (Å²) in [6, 6.07) is 7.47. The largest absolute Gasteiger partial charge is 0.480 e. The Bertz CT molecular complexity index is 452. The third-order valence-electron chi connectivity index (χ3n) is 2.93. The van der Waals surface area contributed by atoms with Gasteiger partial charge in [-0.3, -0.25) is 14.4 Å². The molecule has 0 amide bonds. The van der Waals surface area contributed by atoms with Crippen LogP contribution in [0.1, 0.15) is 24.8 Å². The number of carboxylic acid groups (broad SMARTS) is 2. The van der Waals surface area contributed by atoms with Gasteiger partial charge in [0.05, 0.1) is 6.61 Å². The molecule has 1 unspecified atom stereocenters. The number of nitrogens with two attached hydrogens (primary N) is 1. The van der Waals surface area contributed by atoms with E-state index in [0.29, 0.717) is 6.42 Å². The van der Waals surface area contributed by atoms with Crippen LogP contribution in [-0.4, -0.2) is 34.2 Å². The highest BCUT2D eigenvalue weighted by Gasteiger charge is 2.19. The summed E-state index contributed by atoms with van der Waals surface area (Å²) in [7, 11) is 0. The molecule has 7 heteroatoms. The number of carboxylic acids is 2. The van der Waals surface area contributed by atoms with Gasteiger partial charge in [-0.1, -0.05) is 30.3 Å². The molecule has 1 aromatic carbocycles. The summed E-state index contributed by atoms with van der Waals surface area (Å²) in [4.78, 5) is 26.8. The molecule has 0 heterocycles. The predicted octanol–water partition coefficient (Wildman–Crippen LogP) is 0.743. The Morgan fingerprint density at radius 2 is 1.81 bits per heavy atom. The van der Waals surface area contributed by atoms with Crippen LogP contribution in [0.25, 0.3) is 0 Å². The molecule has 0 aliphatic heterocycles.